The van der Waals surface area contributed by atoms with Crippen LogP contribution in [0.3, 0.4) is 0 Å². The lowest BCUT2D eigenvalue weighted by atomic mass is 10.2. The molecule has 0 atom stereocenters. The lowest BCUT2D eigenvalue weighted by Gasteiger charge is -2.10. The first-order valence-corrected chi connectivity index (χ1v) is 6.19. The van der Waals surface area contributed by atoms with E-state index in [1.807, 2.05) is 25.1 Å². The maximum absolute atomic E-state index is 11.4. The number of aryl methyl sites for hydroxylation is 1. The Kier molecular flexibility index (Phi) is 4.68. The minimum absolute atomic E-state index is 0.152. The molecule has 88 valence electrons. The largest absolute Gasteiger partial charge is 0.398 e. The van der Waals surface area contributed by atoms with E-state index in [4.69, 9.17) is 5.73 Å². The molecule has 0 saturated heterocycles. The lowest BCUT2D eigenvalue weighted by molar-refractivity contribution is -0.128. The number of rotatable bonds is 4. The average molecular weight is 238 g/mol. The van der Waals surface area contributed by atoms with Crippen LogP contribution in [0.25, 0.3) is 0 Å². The Morgan fingerprint density at radius 3 is 2.75 bits per heavy atom. The number of amides is 1. The summed E-state index contributed by atoms with van der Waals surface area (Å²) in [6.45, 7) is 1.99. The van der Waals surface area contributed by atoms with Crippen molar-refractivity contribution in [2.75, 3.05) is 25.6 Å². The number of benzene rings is 1. The Balaban J connectivity index is 2.49. The molecule has 0 spiro atoms. The van der Waals surface area contributed by atoms with E-state index >= 15 is 0 Å². The molecule has 0 radical (unpaired) electrons. The third-order valence-electron chi connectivity index (χ3n) is 2.36. The number of carbonyl (C=O) groups excluding carboxylic acids is 1. The van der Waals surface area contributed by atoms with Gasteiger partial charge in [-0.25, -0.2) is 0 Å². The van der Waals surface area contributed by atoms with Gasteiger partial charge in [0.15, 0.2) is 0 Å². The highest BCUT2D eigenvalue weighted by atomic mass is 32.2. The van der Waals surface area contributed by atoms with Crippen molar-refractivity contribution >= 4 is 23.4 Å². The minimum Gasteiger partial charge on any atom is -0.398 e. The Labute approximate surface area is 101 Å². The van der Waals surface area contributed by atoms with Crippen molar-refractivity contribution in [2.45, 2.75) is 18.2 Å². The first-order valence-electron chi connectivity index (χ1n) is 5.20. The molecular formula is C12H18N2OS. The van der Waals surface area contributed by atoms with E-state index in [1.165, 1.54) is 0 Å². The van der Waals surface area contributed by atoms with E-state index in [0.29, 0.717) is 6.42 Å². The number of thioether (sulfide) groups is 1. The van der Waals surface area contributed by atoms with E-state index in [-0.39, 0.29) is 5.91 Å². The Bertz CT molecular complexity index is 377. The average Bonchev–Trinajstić information content (AvgIpc) is 2.24. The monoisotopic (exact) mass is 238 g/mol. The summed E-state index contributed by atoms with van der Waals surface area (Å²) < 4.78 is 0. The van der Waals surface area contributed by atoms with E-state index in [9.17, 15) is 4.79 Å². The number of anilines is 1. The van der Waals surface area contributed by atoms with Gasteiger partial charge in [-0.2, -0.15) is 0 Å². The summed E-state index contributed by atoms with van der Waals surface area (Å²) in [6.07, 6.45) is 0.547. The topological polar surface area (TPSA) is 46.3 Å². The van der Waals surface area contributed by atoms with Crippen LogP contribution in [-0.2, 0) is 4.79 Å². The maximum Gasteiger partial charge on any atom is 0.222 e. The second-order valence-electron chi connectivity index (χ2n) is 3.87. The van der Waals surface area contributed by atoms with Crippen LogP contribution in [0.5, 0.6) is 0 Å². The third kappa shape index (κ3) is 3.45. The van der Waals surface area contributed by atoms with Crippen LogP contribution in [0.4, 0.5) is 5.69 Å². The summed E-state index contributed by atoms with van der Waals surface area (Å²) in [4.78, 5) is 14.0. The normalized spacial score (nSPS) is 10.2. The van der Waals surface area contributed by atoms with Gasteiger partial charge in [-0.05, 0) is 18.6 Å². The van der Waals surface area contributed by atoms with E-state index in [1.54, 1.807) is 30.8 Å². The fourth-order valence-corrected chi connectivity index (χ4v) is 2.24. The first-order chi connectivity index (χ1) is 7.52. The Morgan fingerprint density at radius 2 is 2.12 bits per heavy atom. The smallest absolute Gasteiger partial charge is 0.222 e. The highest BCUT2D eigenvalue weighted by molar-refractivity contribution is 7.99. The molecule has 0 aliphatic rings. The predicted octanol–water partition coefficient (Wildman–Crippen LogP) is 2.15. The highest BCUT2D eigenvalue weighted by Gasteiger charge is 2.06. The first kappa shape index (κ1) is 12.9. The fraction of sp³-hybridized carbons (Fsp3) is 0.417. The zero-order valence-electron chi connectivity index (χ0n) is 9.99. The van der Waals surface area contributed by atoms with Crippen LogP contribution in [0.2, 0.25) is 0 Å². The maximum atomic E-state index is 11.4. The molecular weight excluding hydrogens is 220 g/mol. The SMILES string of the molecule is Cc1cccc(SCCC(=O)N(C)C)c1N. The predicted molar refractivity (Wildman–Crippen MR) is 69.6 cm³/mol. The molecule has 4 heteroatoms. The molecule has 0 heterocycles. The number of hydrogen-bond acceptors (Lipinski definition) is 3. The molecule has 1 rings (SSSR count). The van der Waals surface area contributed by atoms with Crippen LogP contribution in [0.1, 0.15) is 12.0 Å². The summed E-state index contributed by atoms with van der Waals surface area (Å²) >= 11 is 1.63. The van der Waals surface area contributed by atoms with Crippen molar-refractivity contribution < 1.29 is 4.79 Å². The highest BCUT2D eigenvalue weighted by Crippen LogP contribution is 2.27. The third-order valence-corrected chi connectivity index (χ3v) is 3.43. The molecule has 0 aliphatic carbocycles. The standard InChI is InChI=1S/C12H18N2OS/c1-9-5-4-6-10(12(9)13)16-8-7-11(15)14(2)3/h4-6H,7-8,13H2,1-3H3. The van der Waals surface area contributed by atoms with Crippen LogP contribution in [-0.4, -0.2) is 30.7 Å². The molecule has 0 aliphatic heterocycles. The molecule has 0 unspecified atom stereocenters. The van der Waals surface area contributed by atoms with Crippen molar-refractivity contribution in [3.63, 3.8) is 0 Å². The fourth-order valence-electron chi connectivity index (χ4n) is 1.25. The second kappa shape index (κ2) is 5.80. The molecule has 2 N–H and O–H groups in total. The van der Waals surface area contributed by atoms with E-state index in [0.717, 1.165) is 21.9 Å². The van der Waals surface area contributed by atoms with E-state index < -0.39 is 0 Å². The Hall–Kier alpha value is -1.16. The van der Waals surface area contributed by atoms with Gasteiger partial charge in [0.25, 0.3) is 0 Å². The summed E-state index contributed by atoms with van der Waals surface area (Å²) in [5, 5.41) is 0. The summed E-state index contributed by atoms with van der Waals surface area (Å²) in [6, 6.07) is 5.97. The molecule has 0 aromatic heterocycles. The lowest BCUT2D eigenvalue weighted by Crippen LogP contribution is -2.21. The van der Waals surface area contributed by atoms with Crippen molar-refractivity contribution in [3.8, 4) is 0 Å². The number of nitrogen functional groups attached to an aromatic ring is 1. The second-order valence-corrected chi connectivity index (χ2v) is 5.01. The number of para-hydroxylation sites is 1. The van der Waals surface area contributed by atoms with Crippen molar-refractivity contribution in [3.05, 3.63) is 23.8 Å². The van der Waals surface area contributed by atoms with E-state index in [2.05, 4.69) is 0 Å². The molecule has 0 bridgehead atoms. The zero-order chi connectivity index (χ0) is 12.1. The van der Waals surface area contributed by atoms with Gasteiger partial charge in [0.1, 0.15) is 0 Å². The summed E-state index contributed by atoms with van der Waals surface area (Å²) in [7, 11) is 3.54. The summed E-state index contributed by atoms with van der Waals surface area (Å²) in [5.74, 6) is 0.920. The van der Waals surface area contributed by atoms with Gasteiger partial charge in [-0.15, -0.1) is 11.8 Å². The van der Waals surface area contributed by atoms with Gasteiger partial charge < -0.3 is 10.6 Å². The van der Waals surface area contributed by atoms with Crippen LogP contribution < -0.4 is 5.73 Å². The van der Waals surface area contributed by atoms with Crippen LogP contribution >= 0.6 is 11.8 Å². The Morgan fingerprint density at radius 1 is 1.44 bits per heavy atom. The molecule has 3 nitrogen and oxygen atoms in total. The molecule has 0 fully saturated rings. The molecule has 16 heavy (non-hydrogen) atoms. The van der Waals surface area contributed by atoms with Gasteiger partial charge >= 0.3 is 0 Å². The number of carbonyl (C=O) groups is 1. The van der Waals surface area contributed by atoms with Crippen LogP contribution in [0, 0.1) is 6.92 Å². The number of nitrogens with zero attached hydrogens (tertiary/aromatic N) is 1. The van der Waals surface area contributed by atoms with Crippen LogP contribution in [0.15, 0.2) is 23.1 Å². The van der Waals surface area contributed by atoms with Crippen molar-refractivity contribution in [1.29, 1.82) is 0 Å². The molecule has 1 amide bonds. The summed E-state index contributed by atoms with van der Waals surface area (Å²) in [5.41, 5.74) is 7.85. The van der Waals surface area contributed by atoms with Gasteiger partial charge in [-0.1, -0.05) is 12.1 Å². The van der Waals surface area contributed by atoms with Gasteiger partial charge in [0.2, 0.25) is 5.91 Å². The number of nitrogens with two attached hydrogens (primary N) is 1. The van der Waals surface area contributed by atoms with Crippen molar-refractivity contribution in [1.82, 2.24) is 4.90 Å². The molecule has 1 aromatic carbocycles. The van der Waals surface area contributed by atoms with Crippen molar-refractivity contribution in [2.24, 2.45) is 0 Å². The minimum atomic E-state index is 0.152. The quantitative estimate of drug-likeness (QED) is 0.646. The molecule has 1 aromatic rings. The number of hydrogen-bond donors (Lipinski definition) is 1. The molecule has 0 saturated carbocycles. The van der Waals surface area contributed by atoms with Gasteiger partial charge in [0, 0.05) is 36.9 Å². The van der Waals surface area contributed by atoms with Gasteiger partial charge in [0.05, 0.1) is 0 Å². The zero-order valence-corrected chi connectivity index (χ0v) is 10.8. The van der Waals surface area contributed by atoms with Gasteiger partial charge in [-0.3, -0.25) is 4.79 Å².